The van der Waals surface area contributed by atoms with Gasteiger partial charge in [-0.15, -0.1) is 0 Å². The summed E-state index contributed by atoms with van der Waals surface area (Å²) in [5.41, 5.74) is 0. The maximum absolute atomic E-state index is 12.1. The van der Waals surface area contributed by atoms with Crippen molar-refractivity contribution < 1.29 is 36.2 Å². The maximum atomic E-state index is 12.1. The summed E-state index contributed by atoms with van der Waals surface area (Å²) >= 11 is 0. The summed E-state index contributed by atoms with van der Waals surface area (Å²) in [5.74, 6) is -6.14. The SMILES string of the molecule is CC(O)CCCNC(=O)C(C(F)(F)F)C(F)(F)F. The molecule has 108 valence electrons. The lowest BCUT2D eigenvalue weighted by Crippen LogP contribution is -2.48. The minimum atomic E-state index is -5.67. The summed E-state index contributed by atoms with van der Waals surface area (Å²) in [6.07, 6.45) is -11.8. The number of carbonyl (C=O) groups is 1. The molecule has 0 radical (unpaired) electrons. The van der Waals surface area contributed by atoms with E-state index in [0.717, 1.165) is 0 Å². The van der Waals surface area contributed by atoms with Crippen molar-refractivity contribution in [2.24, 2.45) is 5.92 Å². The minimum Gasteiger partial charge on any atom is -0.393 e. The number of nitrogens with one attached hydrogen (secondary N) is 1. The van der Waals surface area contributed by atoms with Gasteiger partial charge in [-0.1, -0.05) is 0 Å². The molecule has 0 bridgehead atoms. The molecule has 0 fully saturated rings. The third-order valence-electron chi connectivity index (χ3n) is 2.01. The van der Waals surface area contributed by atoms with Crippen LogP contribution in [0.1, 0.15) is 19.8 Å². The van der Waals surface area contributed by atoms with Gasteiger partial charge in [0.05, 0.1) is 6.10 Å². The van der Waals surface area contributed by atoms with Gasteiger partial charge in [0.25, 0.3) is 0 Å². The largest absolute Gasteiger partial charge is 0.409 e. The number of amides is 1. The van der Waals surface area contributed by atoms with Crippen LogP contribution in [-0.2, 0) is 4.79 Å². The molecule has 0 aliphatic rings. The first-order chi connectivity index (χ1) is 7.96. The predicted octanol–water partition coefficient (Wildman–Crippen LogP) is 2.00. The number of hydrogen-bond donors (Lipinski definition) is 2. The topological polar surface area (TPSA) is 49.3 Å². The minimum absolute atomic E-state index is 0.0891. The quantitative estimate of drug-likeness (QED) is 0.598. The zero-order valence-corrected chi connectivity index (χ0v) is 9.40. The van der Waals surface area contributed by atoms with E-state index in [0.29, 0.717) is 0 Å². The second kappa shape index (κ2) is 6.26. The smallest absolute Gasteiger partial charge is 0.393 e. The van der Waals surface area contributed by atoms with Crippen LogP contribution in [0.25, 0.3) is 0 Å². The van der Waals surface area contributed by atoms with Crippen LogP contribution in [0.4, 0.5) is 26.3 Å². The number of carbonyl (C=O) groups excluding carboxylic acids is 1. The van der Waals surface area contributed by atoms with Gasteiger partial charge in [0.2, 0.25) is 11.8 Å². The van der Waals surface area contributed by atoms with Crippen molar-refractivity contribution in [2.75, 3.05) is 6.54 Å². The van der Waals surface area contributed by atoms with E-state index in [2.05, 4.69) is 0 Å². The Balaban J connectivity index is 4.43. The summed E-state index contributed by atoms with van der Waals surface area (Å²) in [5, 5.41) is 10.4. The van der Waals surface area contributed by atoms with Gasteiger partial charge >= 0.3 is 12.4 Å². The molecule has 0 heterocycles. The molecule has 1 atom stereocenters. The van der Waals surface area contributed by atoms with Crippen LogP contribution in [0.3, 0.4) is 0 Å². The van der Waals surface area contributed by atoms with Crippen molar-refractivity contribution in [3.8, 4) is 0 Å². The summed E-state index contributed by atoms with van der Waals surface area (Å²) < 4.78 is 72.5. The number of aliphatic hydroxyl groups excluding tert-OH is 1. The summed E-state index contributed by atoms with van der Waals surface area (Å²) in [4.78, 5) is 10.9. The molecule has 9 heteroatoms. The maximum Gasteiger partial charge on any atom is 0.409 e. The first-order valence-electron chi connectivity index (χ1n) is 5.05. The highest BCUT2D eigenvalue weighted by molar-refractivity contribution is 5.80. The molecule has 1 amide bonds. The van der Waals surface area contributed by atoms with E-state index in [1.165, 1.54) is 6.92 Å². The third kappa shape index (κ3) is 6.08. The van der Waals surface area contributed by atoms with E-state index >= 15 is 0 Å². The molecule has 0 aromatic rings. The standard InChI is InChI=1S/C9H13F6NO2/c1-5(17)3-2-4-16-7(18)6(8(10,11)12)9(13,14)15/h5-6,17H,2-4H2,1H3,(H,16,18). The Kier molecular flexibility index (Phi) is 5.91. The van der Waals surface area contributed by atoms with E-state index in [9.17, 15) is 31.1 Å². The van der Waals surface area contributed by atoms with Gasteiger partial charge in [0, 0.05) is 6.54 Å². The Bertz CT molecular complexity index is 259. The van der Waals surface area contributed by atoms with Crippen molar-refractivity contribution in [2.45, 2.75) is 38.2 Å². The van der Waals surface area contributed by atoms with Crippen LogP contribution in [0.2, 0.25) is 0 Å². The first-order valence-corrected chi connectivity index (χ1v) is 5.05. The molecule has 0 spiro atoms. The Morgan fingerprint density at radius 1 is 1.17 bits per heavy atom. The predicted molar refractivity (Wildman–Crippen MR) is 49.5 cm³/mol. The average Bonchev–Trinajstić information content (AvgIpc) is 2.06. The molecule has 18 heavy (non-hydrogen) atoms. The molecule has 2 N–H and O–H groups in total. The van der Waals surface area contributed by atoms with Gasteiger partial charge < -0.3 is 10.4 Å². The monoisotopic (exact) mass is 281 g/mol. The number of halogens is 6. The highest BCUT2D eigenvalue weighted by Crippen LogP contribution is 2.39. The molecule has 1 unspecified atom stereocenters. The fourth-order valence-corrected chi connectivity index (χ4v) is 1.19. The molecule has 0 aromatic heterocycles. The van der Waals surface area contributed by atoms with Gasteiger partial charge in [-0.3, -0.25) is 4.79 Å². The Labute approximate surface area is 99.2 Å². The van der Waals surface area contributed by atoms with Crippen molar-refractivity contribution in [3.05, 3.63) is 0 Å². The van der Waals surface area contributed by atoms with Crippen molar-refractivity contribution in [1.29, 1.82) is 0 Å². The van der Waals surface area contributed by atoms with Crippen molar-refractivity contribution >= 4 is 5.91 Å². The highest BCUT2D eigenvalue weighted by Gasteiger charge is 2.60. The van der Waals surface area contributed by atoms with Crippen molar-refractivity contribution in [3.63, 3.8) is 0 Å². The fourth-order valence-electron chi connectivity index (χ4n) is 1.19. The lowest BCUT2D eigenvalue weighted by molar-refractivity contribution is -0.274. The molecule has 0 saturated heterocycles. The second-order valence-corrected chi connectivity index (χ2v) is 3.80. The van der Waals surface area contributed by atoms with Gasteiger partial charge in [0.15, 0.2) is 0 Å². The Morgan fingerprint density at radius 3 is 1.94 bits per heavy atom. The second-order valence-electron chi connectivity index (χ2n) is 3.80. The van der Waals surface area contributed by atoms with Crippen LogP contribution in [-0.4, -0.2) is 36.0 Å². The van der Waals surface area contributed by atoms with Crippen LogP contribution in [0.15, 0.2) is 0 Å². The Hall–Kier alpha value is -0.990. The van der Waals surface area contributed by atoms with Crippen LogP contribution >= 0.6 is 0 Å². The van der Waals surface area contributed by atoms with Gasteiger partial charge in [-0.2, -0.15) is 26.3 Å². The number of alkyl halides is 6. The zero-order chi connectivity index (χ0) is 14.6. The Morgan fingerprint density at radius 2 is 1.61 bits per heavy atom. The van der Waals surface area contributed by atoms with E-state index in [1.54, 1.807) is 5.32 Å². The lowest BCUT2D eigenvalue weighted by atomic mass is 10.1. The van der Waals surface area contributed by atoms with E-state index < -0.39 is 30.3 Å². The molecular formula is C9H13F6NO2. The third-order valence-corrected chi connectivity index (χ3v) is 2.01. The average molecular weight is 281 g/mol. The van der Waals surface area contributed by atoms with Crippen LogP contribution in [0.5, 0.6) is 0 Å². The van der Waals surface area contributed by atoms with Crippen molar-refractivity contribution in [1.82, 2.24) is 5.32 Å². The number of hydrogen-bond acceptors (Lipinski definition) is 2. The lowest BCUT2D eigenvalue weighted by Gasteiger charge is -2.22. The molecule has 3 nitrogen and oxygen atoms in total. The highest BCUT2D eigenvalue weighted by atomic mass is 19.4. The van der Waals surface area contributed by atoms with Crippen LogP contribution < -0.4 is 5.32 Å². The van der Waals surface area contributed by atoms with Gasteiger partial charge in [-0.25, -0.2) is 0 Å². The summed E-state index contributed by atoms with van der Waals surface area (Å²) in [6, 6.07) is 0. The number of aliphatic hydroxyl groups is 1. The molecule has 0 rings (SSSR count). The van der Waals surface area contributed by atoms with E-state index in [4.69, 9.17) is 5.11 Å². The van der Waals surface area contributed by atoms with E-state index in [1.807, 2.05) is 0 Å². The molecule has 0 aliphatic heterocycles. The molecule has 0 aliphatic carbocycles. The summed E-state index contributed by atoms with van der Waals surface area (Å²) in [7, 11) is 0. The number of rotatable bonds is 5. The summed E-state index contributed by atoms with van der Waals surface area (Å²) in [6.45, 7) is 1.06. The first kappa shape index (κ1) is 17.0. The molecule has 0 saturated carbocycles. The molecule has 0 aromatic carbocycles. The normalized spacial score (nSPS) is 14.7. The van der Waals surface area contributed by atoms with Gasteiger partial charge in [0.1, 0.15) is 0 Å². The fraction of sp³-hybridized carbons (Fsp3) is 0.889. The van der Waals surface area contributed by atoms with Gasteiger partial charge in [-0.05, 0) is 19.8 Å². The van der Waals surface area contributed by atoms with E-state index in [-0.39, 0.29) is 19.4 Å². The zero-order valence-electron chi connectivity index (χ0n) is 9.40. The molecular weight excluding hydrogens is 268 g/mol. The van der Waals surface area contributed by atoms with Crippen LogP contribution in [0, 0.1) is 5.92 Å².